The predicted molar refractivity (Wildman–Crippen MR) is 104 cm³/mol. The quantitative estimate of drug-likeness (QED) is 0.629. The summed E-state index contributed by atoms with van der Waals surface area (Å²) in [6, 6.07) is 9.22. The second-order valence-electron chi connectivity index (χ2n) is 7.74. The maximum absolute atomic E-state index is 12.7. The molecule has 0 N–H and O–H groups in total. The van der Waals surface area contributed by atoms with Crippen molar-refractivity contribution in [1.29, 1.82) is 0 Å². The Morgan fingerprint density at radius 2 is 1.96 bits per heavy atom. The number of benzene rings is 1. The van der Waals surface area contributed by atoms with Crippen LogP contribution in [-0.2, 0) is 32.1 Å². The first-order valence-corrected chi connectivity index (χ1v) is 9.64. The van der Waals surface area contributed by atoms with Crippen LogP contribution in [0.1, 0.15) is 34.5 Å². The van der Waals surface area contributed by atoms with Crippen molar-refractivity contribution in [2.45, 2.75) is 45.5 Å². The summed E-state index contributed by atoms with van der Waals surface area (Å²) in [4.78, 5) is 5.92. The Balaban J connectivity index is 1.54. The van der Waals surface area contributed by atoms with Crippen molar-refractivity contribution in [2.24, 2.45) is 0 Å². The normalized spacial score (nSPS) is 15.2. The molecule has 0 saturated heterocycles. The van der Waals surface area contributed by atoms with Crippen LogP contribution in [-0.4, -0.2) is 28.0 Å². The van der Waals surface area contributed by atoms with E-state index >= 15 is 0 Å². The fraction of sp³-hybridized carbons (Fsp3) is 0.409. The van der Waals surface area contributed by atoms with Crippen LogP contribution in [0.15, 0.2) is 36.5 Å². The standard InChI is InChI=1S/C22H24F3N3/c1-15-5-7-19-17(12-15)18-14-27(2)11-9-20(18)28(19)10-3-4-16-6-8-21(26-13-16)22(23,24)25/h5-8,12-13H,3-4,9-11,14H2,1-2H3. The maximum atomic E-state index is 12.7. The summed E-state index contributed by atoms with van der Waals surface area (Å²) in [7, 11) is 2.15. The number of pyridine rings is 1. The van der Waals surface area contributed by atoms with E-state index in [9.17, 15) is 13.2 Å². The highest BCUT2D eigenvalue weighted by Crippen LogP contribution is 2.32. The lowest BCUT2D eigenvalue weighted by Crippen LogP contribution is -2.27. The molecule has 0 unspecified atom stereocenters. The van der Waals surface area contributed by atoms with Crippen molar-refractivity contribution in [3.05, 3.63) is 64.6 Å². The Morgan fingerprint density at radius 3 is 2.68 bits per heavy atom. The van der Waals surface area contributed by atoms with Gasteiger partial charge in [-0.25, -0.2) is 0 Å². The van der Waals surface area contributed by atoms with Gasteiger partial charge in [0.2, 0.25) is 0 Å². The van der Waals surface area contributed by atoms with Crippen LogP contribution in [0.3, 0.4) is 0 Å². The van der Waals surface area contributed by atoms with E-state index in [1.807, 2.05) is 0 Å². The molecule has 0 aliphatic carbocycles. The summed E-state index contributed by atoms with van der Waals surface area (Å²) in [5.41, 5.74) is 5.36. The minimum absolute atomic E-state index is 0.714. The molecule has 1 aliphatic rings. The molecule has 28 heavy (non-hydrogen) atoms. The molecule has 6 heteroatoms. The molecule has 1 aromatic carbocycles. The zero-order chi connectivity index (χ0) is 19.9. The van der Waals surface area contributed by atoms with E-state index < -0.39 is 11.9 Å². The van der Waals surface area contributed by atoms with E-state index in [1.165, 1.54) is 40.0 Å². The number of hydrogen-bond donors (Lipinski definition) is 0. The van der Waals surface area contributed by atoms with Gasteiger partial charge in [-0.2, -0.15) is 13.2 Å². The van der Waals surface area contributed by atoms with Gasteiger partial charge in [0.25, 0.3) is 0 Å². The third-order valence-corrected chi connectivity index (χ3v) is 5.56. The molecule has 0 spiro atoms. The zero-order valence-corrected chi connectivity index (χ0v) is 16.2. The number of hydrogen-bond acceptors (Lipinski definition) is 2. The van der Waals surface area contributed by atoms with Crippen molar-refractivity contribution in [3.8, 4) is 0 Å². The molecule has 148 valence electrons. The first kappa shape index (κ1) is 19.0. The van der Waals surface area contributed by atoms with E-state index in [2.05, 4.69) is 46.6 Å². The van der Waals surface area contributed by atoms with Crippen LogP contribution in [0.2, 0.25) is 0 Å². The zero-order valence-electron chi connectivity index (χ0n) is 16.2. The highest BCUT2D eigenvalue weighted by atomic mass is 19.4. The smallest absolute Gasteiger partial charge is 0.344 e. The molecule has 3 aromatic rings. The van der Waals surface area contributed by atoms with Crippen LogP contribution in [0.5, 0.6) is 0 Å². The van der Waals surface area contributed by atoms with Gasteiger partial charge < -0.3 is 9.47 Å². The summed E-state index contributed by atoms with van der Waals surface area (Å²) >= 11 is 0. The van der Waals surface area contributed by atoms with Crippen LogP contribution >= 0.6 is 0 Å². The van der Waals surface area contributed by atoms with Crippen LogP contribution < -0.4 is 0 Å². The highest BCUT2D eigenvalue weighted by Gasteiger charge is 2.32. The number of likely N-dealkylation sites (N-methyl/N-ethyl adjacent to an activating group) is 1. The molecule has 0 fully saturated rings. The molecule has 4 rings (SSSR count). The number of nitrogens with zero attached hydrogens (tertiary/aromatic N) is 3. The fourth-order valence-corrected chi connectivity index (χ4v) is 4.14. The fourth-order valence-electron chi connectivity index (χ4n) is 4.14. The lowest BCUT2D eigenvalue weighted by molar-refractivity contribution is -0.141. The van der Waals surface area contributed by atoms with Crippen molar-refractivity contribution < 1.29 is 13.2 Å². The summed E-state index contributed by atoms with van der Waals surface area (Å²) in [6.07, 6.45) is -0.420. The first-order chi connectivity index (χ1) is 13.3. The molecule has 3 heterocycles. The Bertz CT molecular complexity index is 987. The largest absolute Gasteiger partial charge is 0.433 e. The van der Waals surface area contributed by atoms with Gasteiger partial charge in [0.15, 0.2) is 0 Å². The molecule has 0 saturated carbocycles. The number of rotatable bonds is 4. The van der Waals surface area contributed by atoms with Gasteiger partial charge in [-0.3, -0.25) is 4.98 Å². The lowest BCUT2D eigenvalue weighted by atomic mass is 10.0. The van der Waals surface area contributed by atoms with Crippen molar-refractivity contribution >= 4 is 10.9 Å². The summed E-state index contributed by atoms with van der Waals surface area (Å²) in [6.45, 7) is 4.99. The average molecular weight is 387 g/mol. The van der Waals surface area contributed by atoms with E-state index in [-0.39, 0.29) is 0 Å². The summed E-state index contributed by atoms with van der Waals surface area (Å²) < 4.78 is 40.4. The van der Waals surface area contributed by atoms with Crippen molar-refractivity contribution in [1.82, 2.24) is 14.5 Å². The van der Waals surface area contributed by atoms with Crippen molar-refractivity contribution in [2.75, 3.05) is 13.6 Å². The summed E-state index contributed by atoms with van der Waals surface area (Å²) in [5.74, 6) is 0. The Hall–Kier alpha value is -2.34. The van der Waals surface area contributed by atoms with E-state index in [0.717, 1.165) is 44.1 Å². The van der Waals surface area contributed by atoms with Crippen molar-refractivity contribution in [3.63, 3.8) is 0 Å². The Labute approximate surface area is 162 Å². The molecule has 1 aliphatic heterocycles. The van der Waals surface area contributed by atoms with Gasteiger partial charge in [0.05, 0.1) is 0 Å². The predicted octanol–water partition coefficient (Wildman–Crippen LogP) is 4.98. The Kier molecular flexibility index (Phi) is 4.91. The number of halogens is 3. The van der Waals surface area contributed by atoms with Gasteiger partial charge in [0.1, 0.15) is 5.69 Å². The van der Waals surface area contributed by atoms with Gasteiger partial charge in [-0.1, -0.05) is 17.7 Å². The van der Waals surface area contributed by atoms with Gasteiger partial charge in [-0.15, -0.1) is 0 Å². The van der Waals surface area contributed by atoms with E-state index in [4.69, 9.17) is 0 Å². The van der Waals surface area contributed by atoms with Crippen LogP contribution in [0.25, 0.3) is 10.9 Å². The summed E-state index contributed by atoms with van der Waals surface area (Å²) in [5, 5.41) is 1.33. The van der Waals surface area contributed by atoms with Gasteiger partial charge >= 0.3 is 6.18 Å². The molecule has 2 aromatic heterocycles. The number of aryl methyl sites for hydroxylation is 3. The molecule has 3 nitrogen and oxygen atoms in total. The second kappa shape index (κ2) is 7.24. The van der Waals surface area contributed by atoms with E-state index in [1.54, 1.807) is 0 Å². The molecule has 0 amide bonds. The minimum Gasteiger partial charge on any atom is -0.344 e. The second-order valence-corrected chi connectivity index (χ2v) is 7.74. The van der Waals surface area contributed by atoms with Crippen LogP contribution in [0, 0.1) is 6.92 Å². The first-order valence-electron chi connectivity index (χ1n) is 9.64. The number of aromatic nitrogens is 2. The third-order valence-electron chi connectivity index (χ3n) is 5.56. The van der Waals surface area contributed by atoms with Crippen LogP contribution in [0.4, 0.5) is 13.2 Å². The monoisotopic (exact) mass is 387 g/mol. The molecular formula is C22H24F3N3. The molecular weight excluding hydrogens is 363 g/mol. The van der Waals surface area contributed by atoms with Gasteiger partial charge in [0, 0.05) is 48.8 Å². The molecule has 0 atom stereocenters. The molecule has 0 bridgehead atoms. The maximum Gasteiger partial charge on any atom is 0.433 e. The van der Waals surface area contributed by atoms with E-state index in [0.29, 0.717) is 6.42 Å². The molecule has 0 radical (unpaired) electrons. The topological polar surface area (TPSA) is 21.1 Å². The Morgan fingerprint density at radius 1 is 1.14 bits per heavy atom. The number of fused-ring (bicyclic) bond motifs is 3. The average Bonchev–Trinajstić information content (AvgIpc) is 2.94. The SMILES string of the molecule is Cc1ccc2c(c1)c1c(n2CCCc2ccc(C(F)(F)F)nc2)CCN(C)C1. The van der Waals surface area contributed by atoms with Gasteiger partial charge in [-0.05, 0) is 56.1 Å². The number of alkyl halides is 3. The third kappa shape index (κ3) is 3.65. The lowest BCUT2D eigenvalue weighted by Gasteiger charge is -2.24. The highest BCUT2D eigenvalue weighted by molar-refractivity contribution is 5.86. The minimum atomic E-state index is -4.38.